The third kappa shape index (κ3) is 19.7. The van der Waals surface area contributed by atoms with E-state index in [1.165, 1.54) is 64.2 Å². The molecular formula is C23H45O8P. The molecule has 0 radical (unpaired) electrons. The van der Waals surface area contributed by atoms with Crippen molar-refractivity contribution in [2.45, 2.75) is 116 Å². The first-order valence-electron chi connectivity index (χ1n) is 12.2. The smallest absolute Gasteiger partial charge is 0.462 e. The van der Waals surface area contributed by atoms with Crippen LogP contribution < -0.4 is 0 Å². The fourth-order valence-corrected chi connectivity index (χ4v) is 3.62. The molecule has 0 bridgehead atoms. The minimum atomic E-state index is -4.20. The van der Waals surface area contributed by atoms with Gasteiger partial charge in [0.05, 0.1) is 6.61 Å². The molecule has 0 saturated heterocycles. The molecule has 0 aromatic heterocycles. The van der Waals surface area contributed by atoms with Gasteiger partial charge in [0.1, 0.15) is 6.61 Å². The van der Waals surface area contributed by atoms with Crippen molar-refractivity contribution < 1.29 is 37.6 Å². The zero-order valence-corrected chi connectivity index (χ0v) is 21.2. The minimum absolute atomic E-state index is 0.129. The third-order valence-corrected chi connectivity index (χ3v) is 6.09. The summed E-state index contributed by atoms with van der Waals surface area (Å²) in [5.41, 5.74) is 0. The van der Waals surface area contributed by atoms with Crippen LogP contribution in [0, 0.1) is 0 Å². The lowest BCUT2D eigenvalue weighted by Crippen LogP contribution is -2.29. The van der Waals surface area contributed by atoms with Gasteiger partial charge in [0.2, 0.25) is 0 Å². The van der Waals surface area contributed by atoms with E-state index < -0.39 is 26.5 Å². The molecule has 0 fully saturated rings. The fraction of sp³-hybridized carbons (Fsp3) is 0.913. The molecule has 0 heterocycles. The quantitative estimate of drug-likeness (QED) is 0.113. The van der Waals surface area contributed by atoms with Crippen LogP contribution in [0.1, 0.15) is 110 Å². The molecule has 0 aliphatic heterocycles. The summed E-state index contributed by atoms with van der Waals surface area (Å²) in [6.07, 6.45) is 15.5. The van der Waals surface area contributed by atoms with Gasteiger partial charge in [-0.15, -0.1) is 0 Å². The first kappa shape index (κ1) is 31.0. The lowest BCUT2D eigenvalue weighted by Gasteiger charge is -2.18. The number of esters is 2. The van der Waals surface area contributed by atoms with Crippen molar-refractivity contribution in [1.82, 2.24) is 0 Å². The first-order chi connectivity index (χ1) is 15.3. The van der Waals surface area contributed by atoms with Crippen molar-refractivity contribution in [2.24, 2.45) is 0 Å². The Labute approximate surface area is 194 Å². The maximum atomic E-state index is 11.9. The number of carbonyl (C=O) groups excluding carboxylic acids is 2. The summed E-state index contributed by atoms with van der Waals surface area (Å²) in [6.45, 7) is 3.23. The Hall–Kier alpha value is -0.950. The van der Waals surface area contributed by atoms with Gasteiger partial charge in [0.25, 0.3) is 0 Å². The summed E-state index contributed by atoms with van der Waals surface area (Å²) >= 11 is 0. The molecule has 9 heteroatoms. The highest BCUT2D eigenvalue weighted by Crippen LogP contribution is 2.42. The van der Waals surface area contributed by atoms with E-state index in [1.54, 1.807) is 6.92 Å². The van der Waals surface area contributed by atoms with Gasteiger partial charge in [-0.25, -0.2) is 4.57 Å². The van der Waals surface area contributed by atoms with E-state index in [1.807, 2.05) is 0 Å². The molecule has 32 heavy (non-hydrogen) atoms. The second-order valence-corrected chi connectivity index (χ2v) is 9.65. The van der Waals surface area contributed by atoms with Crippen LogP contribution in [0.25, 0.3) is 0 Å². The van der Waals surface area contributed by atoms with Crippen LogP contribution in [0.3, 0.4) is 0 Å². The number of hydrogen-bond acceptors (Lipinski definition) is 7. The summed E-state index contributed by atoms with van der Waals surface area (Å²) in [7, 11) is -3.17. The first-order valence-corrected chi connectivity index (χ1v) is 13.7. The van der Waals surface area contributed by atoms with Gasteiger partial charge >= 0.3 is 19.8 Å². The van der Waals surface area contributed by atoms with E-state index in [9.17, 15) is 19.0 Å². The molecule has 0 aromatic rings. The SMILES string of the molecule is CCCCCCCCCCCCCCCC(=O)OC[C@H](COP(=O)(O)OC)OC(=O)CC. The maximum absolute atomic E-state index is 11.9. The standard InChI is InChI=1S/C23H45O8P/c1-4-6-7-8-9-10-11-12-13-14-15-16-17-18-23(25)29-19-21(31-22(24)5-2)20-30-32(26,27)28-3/h21H,4-20H2,1-3H3,(H,26,27)/t21-/m1/s1. The molecule has 190 valence electrons. The molecular weight excluding hydrogens is 435 g/mol. The predicted octanol–water partition coefficient (Wildman–Crippen LogP) is 6.10. The number of phosphoric ester groups is 1. The van der Waals surface area contributed by atoms with Crippen LogP contribution in [0.4, 0.5) is 0 Å². The average Bonchev–Trinajstić information content (AvgIpc) is 2.78. The van der Waals surface area contributed by atoms with Crippen molar-refractivity contribution >= 4 is 19.8 Å². The summed E-state index contributed by atoms with van der Waals surface area (Å²) in [5.74, 6) is -0.902. The highest BCUT2D eigenvalue weighted by molar-refractivity contribution is 7.47. The van der Waals surface area contributed by atoms with E-state index in [-0.39, 0.29) is 19.0 Å². The predicted molar refractivity (Wildman–Crippen MR) is 124 cm³/mol. The summed E-state index contributed by atoms with van der Waals surface area (Å²) in [4.78, 5) is 32.7. The molecule has 2 atom stereocenters. The van der Waals surface area contributed by atoms with Crippen LogP contribution in [0.5, 0.6) is 0 Å². The normalized spacial score (nSPS) is 14.0. The second-order valence-electron chi connectivity index (χ2n) is 8.09. The Kier molecular flexibility index (Phi) is 20.0. The van der Waals surface area contributed by atoms with Gasteiger partial charge in [-0.05, 0) is 6.42 Å². The van der Waals surface area contributed by atoms with Crippen LogP contribution >= 0.6 is 7.82 Å². The number of phosphoric acid groups is 1. The molecule has 0 saturated carbocycles. The van der Waals surface area contributed by atoms with Gasteiger partial charge < -0.3 is 14.4 Å². The average molecular weight is 481 g/mol. The van der Waals surface area contributed by atoms with Gasteiger partial charge in [0, 0.05) is 20.0 Å². The van der Waals surface area contributed by atoms with E-state index in [2.05, 4.69) is 11.4 Å². The van der Waals surface area contributed by atoms with Crippen molar-refractivity contribution in [3.05, 3.63) is 0 Å². The van der Waals surface area contributed by atoms with Crippen molar-refractivity contribution in [1.29, 1.82) is 0 Å². The van der Waals surface area contributed by atoms with Gasteiger partial charge in [-0.1, -0.05) is 90.9 Å². The van der Waals surface area contributed by atoms with Gasteiger partial charge in [0.15, 0.2) is 6.10 Å². The highest BCUT2D eigenvalue weighted by atomic mass is 31.2. The summed E-state index contributed by atoms with van der Waals surface area (Å²) in [5, 5.41) is 0. The molecule has 1 N–H and O–H groups in total. The van der Waals surface area contributed by atoms with Crippen LogP contribution in [-0.4, -0.2) is 43.3 Å². The number of rotatable bonds is 22. The molecule has 0 spiro atoms. The number of carbonyl (C=O) groups is 2. The zero-order valence-electron chi connectivity index (χ0n) is 20.4. The molecule has 0 aliphatic rings. The lowest BCUT2D eigenvalue weighted by atomic mass is 10.0. The highest BCUT2D eigenvalue weighted by Gasteiger charge is 2.24. The largest absolute Gasteiger partial charge is 0.472 e. The molecule has 8 nitrogen and oxygen atoms in total. The van der Waals surface area contributed by atoms with Crippen molar-refractivity contribution in [3.8, 4) is 0 Å². The third-order valence-electron chi connectivity index (χ3n) is 5.16. The van der Waals surface area contributed by atoms with Crippen molar-refractivity contribution in [2.75, 3.05) is 20.3 Å². The van der Waals surface area contributed by atoms with Crippen LogP contribution in [0.2, 0.25) is 0 Å². The zero-order chi connectivity index (χ0) is 24.1. The number of unbranched alkanes of at least 4 members (excludes halogenated alkanes) is 12. The van der Waals surface area contributed by atoms with E-state index in [0.717, 1.165) is 26.4 Å². The Morgan fingerprint density at radius 1 is 0.781 bits per heavy atom. The van der Waals surface area contributed by atoms with E-state index in [4.69, 9.17) is 14.0 Å². The summed E-state index contributed by atoms with van der Waals surface area (Å²) in [6, 6.07) is 0. The summed E-state index contributed by atoms with van der Waals surface area (Å²) < 4.78 is 30.7. The molecule has 0 rings (SSSR count). The maximum Gasteiger partial charge on any atom is 0.472 e. The molecule has 0 aromatic carbocycles. The second kappa shape index (κ2) is 20.6. The van der Waals surface area contributed by atoms with Crippen LogP contribution in [0.15, 0.2) is 0 Å². The number of hydrogen-bond donors (Lipinski definition) is 1. The lowest BCUT2D eigenvalue weighted by molar-refractivity contribution is -0.161. The Morgan fingerprint density at radius 2 is 1.28 bits per heavy atom. The van der Waals surface area contributed by atoms with E-state index >= 15 is 0 Å². The Balaban J connectivity index is 3.80. The van der Waals surface area contributed by atoms with Gasteiger partial charge in [-0.3, -0.25) is 18.6 Å². The fourth-order valence-electron chi connectivity index (χ4n) is 3.16. The molecule has 0 aliphatic carbocycles. The molecule has 0 amide bonds. The Morgan fingerprint density at radius 3 is 1.75 bits per heavy atom. The van der Waals surface area contributed by atoms with Crippen molar-refractivity contribution in [3.63, 3.8) is 0 Å². The van der Waals surface area contributed by atoms with E-state index in [0.29, 0.717) is 6.42 Å². The Bertz CT molecular complexity index is 526. The topological polar surface area (TPSA) is 108 Å². The monoisotopic (exact) mass is 480 g/mol. The van der Waals surface area contributed by atoms with Gasteiger partial charge in [-0.2, -0.15) is 0 Å². The van der Waals surface area contributed by atoms with Crippen LogP contribution in [-0.2, 0) is 32.7 Å². The minimum Gasteiger partial charge on any atom is -0.462 e. The molecule has 1 unspecified atom stereocenters. The number of ether oxygens (including phenoxy) is 2.